The quantitative estimate of drug-likeness (QED) is 0.938. The lowest BCUT2D eigenvalue weighted by Crippen LogP contribution is -1.99. The predicted octanol–water partition coefficient (Wildman–Crippen LogP) is 2.47. The van der Waals surface area contributed by atoms with E-state index in [0.29, 0.717) is 23.1 Å². The van der Waals surface area contributed by atoms with Gasteiger partial charge in [-0.3, -0.25) is 0 Å². The highest BCUT2D eigenvalue weighted by Gasteiger charge is 2.07. The van der Waals surface area contributed by atoms with Crippen molar-refractivity contribution in [2.75, 3.05) is 12.8 Å². The number of nitrogen functional groups attached to an aromatic ring is 1. The number of nitrogens with two attached hydrogens (primary N) is 1. The molecule has 0 saturated heterocycles. The molecular formula is C10H10BrN3O2S. The lowest BCUT2D eigenvalue weighted by atomic mass is 10.3. The molecule has 0 atom stereocenters. The fourth-order valence-corrected chi connectivity index (χ4v) is 2.09. The van der Waals surface area contributed by atoms with Crippen molar-refractivity contribution in [3.63, 3.8) is 0 Å². The van der Waals surface area contributed by atoms with Crippen LogP contribution >= 0.6 is 27.5 Å². The van der Waals surface area contributed by atoms with Gasteiger partial charge in [0.1, 0.15) is 28.8 Å². The van der Waals surface area contributed by atoms with Gasteiger partial charge in [-0.1, -0.05) is 4.49 Å². The molecule has 1 aromatic heterocycles. The molecule has 2 rings (SSSR count). The zero-order valence-electron chi connectivity index (χ0n) is 9.01. The van der Waals surface area contributed by atoms with E-state index >= 15 is 0 Å². The number of hydrogen-bond donors (Lipinski definition) is 1. The van der Waals surface area contributed by atoms with Crippen LogP contribution in [0.4, 0.5) is 5.00 Å². The van der Waals surface area contributed by atoms with E-state index in [1.165, 1.54) is 0 Å². The first-order valence-electron chi connectivity index (χ1n) is 4.73. The number of nitrogens with zero attached hydrogens (tertiary/aromatic N) is 2. The summed E-state index contributed by atoms with van der Waals surface area (Å²) in [6.07, 6.45) is 0. The van der Waals surface area contributed by atoms with Crippen molar-refractivity contribution in [2.24, 2.45) is 0 Å². The molecular weight excluding hydrogens is 306 g/mol. The van der Waals surface area contributed by atoms with Crippen LogP contribution in [0.3, 0.4) is 0 Å². The van der Waals surface area contributed by atoms with Crippen molar-refractivity contribution in [1.29, 1.82) is 0 Å². The van der Waals surface area contributed by atoms with E-state index in [2.05, 4.69) is 25.5 Å². The molecule has 0 amide bonds. The Bertz CT molecular complexity index is 518. The summed E-state index contributed by atoms with van der Waals surface area (Å²) >= 11 is 4.56. The summed E-state index contributed by atoms with van der Waals surface area (Å²) in [5.41, 5.74) is 6.32. The van der Waals surface area contributed by atoms with Crippen LogP contribution in [0.25, 0.3) is 0 Å². The third-order valence-corrected chi connectivity index (χ3v) is 3.30. The van der Waals surface area contributed by atoms with Crippen LogP contribution in [-0.4, -0.2) is 16.7 Å². The number of anilines is 1. The molecule has 1 heterocycles. The SMILES string of the molecule is COc1ccc(OCc2nnsc2N)c(Br)c1. The molecule has 90 valence electrons. The van der Waals surface area contributed by atoms with E-state index in [4.69, 9.17) is 15.2 Å². The maximum absolute atomic E-state index is 5.67. The second-order valence-corrected chi connectivity index (χ2v) is 4.81. The molecule has 0 fully saturated rings. The van der Waals surface area contributed by atoms with Gasteiger partial charge in [0.2, 0.25) is 0 Å². The molecule has 1 aromatic carbocycles. The minimum atomic E-state index is 0.299. The Morgan fingerprint density at radius 3 is 2.88 bits per heavy atom. The molecule has 0 radical (unpaired) electrons. The first-order chi connectivity index (χ1) is 8.20. The van der Waals surface area contributed by atoms with Crippen LogP contribution in [0.1, 0.15) is 5.69 Å². The van der Waals surface area contributed by atoms with Gasteiger partial charge in [0.05, 0.1) is 11.6 Å². The first-order valence-corrected chi connectivity index (χ1v) is 6.30. The lowest BCUT2D eigenvalue weighted by Gasteiger charge is -2.08. The zero-order chi connectivity index (χ0) is 12.3. The number of aromatic nitrogens is 2. The topological polar surface area (TPSA) is 70.3 Å². The van der Waals surface area contributed by atoms with E-state index in [9.17, 15) is 0 Å². The zero-order valence-corrected chi connectivity index (χ0v) is 11.4. The molecule has 7 heteroatoms. The largest absolute Gasteiger partial charge is 0.497 e. The van der Waals surface area contributed by atoms with Crippen molar-refractivity contribution in [3.8, 4) is 11.5 Å². The standard InChI is InChI=1S/C10H10BrN3O2S/c1-15-6-2-3-9(7(11)4-6)16-5-8-10(12)17-14-13-8/h2-4H,5,12H2,1H3. The Kier molecular flexibility index (Phi) is 3.80. The first kappa shape index (κ1) is 12.1. The van der Waals surface area contributed by atoms with Gasteiger partial charge < -0.3 is 15.2 Å². The van der Waals surface area contributed by atoms with Gasteiger partial charge in [0.15, 0.2) is 0 Å². The third-order valence-electron chi connectivity index (χ3n) is 2.09. The Labute approximate surface area is 111 Å². The predicted molar refractivity (Wildman–Crippen MR) is 69.3 cm³/mol. The number of hydrogen-bond acceptors (Lipinski definition) is 6. The number of methoxy groups -OCH3 is 1. The van der Waals surface area contributed by atoms with Crippen molar-refractivity contribution in [3.05, 3.63) is 28.4 Å². The molecule has 0 aliphatic rings. The molecule has 0 aliphatic carbocycles. The number of benzene rings is 1. The molecule has 0 saturated carbocycles. The lowest BCUT2D eigenvalue weighted by molar-refractivity contribution is 0.299. The van der Waals surface area contributed by atoms with E-state index in [0.717, 1.165) is 21.8 Å². The summed E-state index contributed by atoms with van der Waals surface area (Å²) in [6, 6.07) is 5.47. The molecule has 0 aliphatic heterocycles. The van der Waals surface area contributed by atoms with Gasteiger partial charge in [-0.05, 0) is 34.1 Å². The Balaban J connectivity index is 2.07. The van der Waals surface area contributed by atoms with Gasteiger partial charge in [-0.25, -0.2) is 0 Å². The van der Waals surface area contributed by atoms with Crippen molar-refractivity contribution in [1.82, 2.24) is 9.59 Å². The van der Waals surface area contributed by atoms with Crippen molar-refractivity contribution < 1.29 is 9.47 Å². The summed E-state index contributed by atoms with van der Waals surface area (Å²) in [5.74, 6) is 1.47. The molecule has 2 aromatic rings. The molecule has 2 N–H and O–H groups in total. The van der Waals surface area contributed by atoms with Crippen molar-refractivity contribution >= 4 is 32.5 Å². The average Bonchev–Trinajstić information content (AvgIpc) is 2.73. The van der Waals surface area contributed by atoms with Crippen LogP contribution in [0.2, 0.25) is 0 Å². The van der Waals surface area contributed by atoms with Crippen LogP contribution in [-0.2, 0) is 6.61 Å². The fourth-order valence-electron chi connectivity index (χ4n) is 1.19. The average molecular weight is 316 g/mol. The van der Waals surface area contributed by atoms with Crippen LogP contribution < -0.4 is 15.2 Å². The van der Waals surface area contributed by atoms with Gasteiger partial charge in [0.25, 0.3) is 0 Å². The second kappa shape index (κ2) is 5.33. The number of rotatable bonds is 4. The maximum atomic E-state index is 5.67. The molecule has 17 heavy (non-hydrogen) atoms. The van der Waals surface area contributed by atoms with Gasteiger partial charge in [-0.15, -0.1) is 5.10 Å². The highest BCUT2D eigenvalue weighted by molar-refractivity contribution is 9.10. The van der Waals surface area contributed by atoms with Gasteiger partial charge in [0, 0.05) is 11.5 Å². The molecule has 5 nitrogen and oxygen atoms in total. The third kappa shape index (κ3) is 2.86. The Morgan fingerprint density at radius 2 is 2.29 bits per heavy atom. The molecule has 0 unspecified atom stereocenters. The van der Waals surface area contributed by atoms with E-state index in [1.807, 2.05) is 18.2 Å². The normalized spacial score (nSPS) is 10.2. The van der Waals surface area contributed by atoms with Crippen LogP contribution in [0.5, 0.6) is 11.5 Å². The summed E-state index contributed by atoms with van der Waals surface area (Å²) in [6.45, 7) is 0.299. The summed E-state index contributed by atoms with van der Waals surface area (Å²) < 4.78 is 15.2. The summed E-state index contributed by atoms with van der Waals surface area (Å²) in [5, 5.41) is 4.45. The Morgan fingerprint density at radius 1 is 1.47 bits per heavy atom. The highest BCUT2D eigenvalue weighted by atomic mass is 79.9. The number of halogens is 1. The summed E-state index contributed by atoms with van der Waals surface area (Å²) in [7, 11) is 1.62. The van der Waals surface area contributed by atoms with Gasteiger partial charge in [-0.2, -0.15) is 0 Å². The van der Waals surface area contributed by atoms with E-state index < -0.39 is 0 Å². The minimum absolute atomic E-state index is 0.299. The monoisotopic (exact) mass is 315 g/mol. The molecule has 0 spiro atoms. The van der Waals surface area contributed by atoms with E-state index in [1.54, 1.807) is 7.11 Å². The Hall–Kier alpha value is -1.34. The summed E-state index contributed by atoms with van der Waals surface area (Å²) in [4.78, 5) is 0. The van der Waals surface area contributed by atoms with Crippen molar-refractivity contribution in [2.45, 2.75) is 6.61 Å². The highest BCUT2D eigenvalue weighted by Crippen LogP contribution is 2.30. The maximum Gasteiger partial charge on any atom is 0.136 e. The van der Waals surface area contributed by atoms with Gasteiger partial charge >= 0.3 is 0 Å². The van der Waals surface area contributed by atoms with E-state index in [-0.39, 0.29) is 0 Å². The van der Waals surface area contributed by atoms with Crippen LogP contribution in [0.15, 0.2) is 22.7 Å². The molecule has 0 bridgehead atoms. The van der Waals surface area contributed by atoms with Crippen LogP contribution in [0, 0.1) is 0 Å². The number of ether oxygens (including phenoxy) is 2. The fraction of sp³-hybridized carbons (Fsp3) is 0.200. The minimum Gasteiger partial charge on any atom is -0.497 e. The smallest absolute Gasteiger partial charge is 0.136 e. The second-order valence-electron chi connectivity index (χ2n) is 3.17.